The Labute approximate surface area is 82.5 Å². The molecule has 1 fully saturated rings. The van der Waals surface area contributed by atoms with Crippen LogP contribution < -0.4 is 9.44 Å². The Hall–Kier alpha value is -0.0600. The molecule has 0 aliphatic carbocycles. The second-order valence-corrected chi connectivity index (χ2v) is 4.10. The zero-order valence-corrected chi connectivity index (χ0v) is 8.59. The highest BCUT2D eigenvalue weighted by Gasteiger charge is 1.94. The molecule has 0 unspecified atom stereocenters. The molecule has 4 heteroatoms. The highest BCUT2D eigenvalue weighted by Crippen LogP contribution is 2.04. The molecule has 0 bridgehead atoms. The third kappa shape index (κ3) is 5.57. The number of nitrogens with one attached hydrogen (secondary N) is 2. The highest BCUT2D eigenvalue weighted by molar-refractivity contribution is 8.00. The van der Waals surface area contributed by atoms with Gasteiger partial charge in [0.25, 0.3) is 0 Å². The van der Waals surface area contributed by atoms with Crippen molar-refractivity contribution in [3.8, 4) is 0 Å². The van der Waals surface area contributed by atoms with Crippen molar-refractivity contribution < 1.29 is 0 Å². The fraction of sp³-hybridized carbons (Fsp3) is 0.500. The summed E-state index contributed by atoms with van der Waals surface area (Å²) in [6.07, 6.45) is 8.60. The molecule has 0 aromatic carbocycles. The van der Waals surface area contributed by atoms with Gasteiger partial charge in [0.2, 0.25) is 0 Å². The van der Waals surface area contributed by atoms with Crippen LogP contribution >= 0.6 is 23.9 Å². The largest absolute Gasteiger partial charge is 0.333 e. The molecule has 0 saturated carbocycles. The first-order chi connectivity index (χ1) is 6.00. The van der Waals surface area contributed by atoms with Crippen molar-refractivity contribution >= 4 is 23.9 Å². The molecule has 2 aliphatic rings. The molecule has 0 aromatic heterocycles. The van der Waals surface area contributed by atoms with Crippen LogP contribution in [0.5, 0.6) is 0 Å². The molecule has 1 saturated heterocycles. The molecule has 0 spiro atoms. The first-order valence-corrected chi connectivity index (χ1v) is 5.94. The summed E-state index contributed by atoms with van der Waals surface area (Å²) in [5.41, 5.74) is 0. The zero-order chi connectivity index (χ0) is 8.49. The summed E-state index contributed by atoms with van der Waals surface area (Å²) in [6, 6.07) is 0. The van der Waals surface area contributed by atoms with Crippen LogP contribution in [-0.2, 0) is 0 Å². The summed E-state index contributed by atoms with van der Waals surface area (Å²) in [5, 5.41) is 1.99. The van der Waals surface area contributed by atoms with E-state index in [1.54, 1.807) is 11.9 Å². The lowest BCUT2D eigenvalue weighted by molar-refractivity contribution is 0.754. The average molecular weight is 202 g/mol. The van der Waals surface area contributed by atoms with Crippen molar-refractivity contribution in [1.29, 1.82) is 0 Å². The third-order valence-electron chi connectivity index (χ3n) is 1.37. The van der Waals surface area contributed by atoms with Crippen LogP contribution in [0, 0.1) is 0 Å². The fourth-order valence-electron chi connectivity index (χ4n) is 0.774. The summed E-state index contributed by atoms with van der Waals surface area (Å²) in [5.74, 6) is 1.31. The molecule has 0 aromatic rings. The lowest BCUT2D eigenvalue weighted by Crippen LogP contribution is -2.11. The van der Waals surface area contributed by atoms with Gasteiger partial charge < -0.3 is 4.72 Å². The van der Waals surface area contributed by atoms with E-state index in [0.29, 0.717) is 0 Å². The van der Waals surface area contributed by atoms with E-state index in [9.17, 15) is 0 Å². The van der Waals surface area contributed by atoms with Gasteiger partial charge in [0.05, 0.1) is 0 Å². The second-order valence-electron chi connectivity index (χ2n) is 2.37. The van der Waals surface area contributed by atoms with Gasteiger partial charge in [-0.2, -0.15) is 0 Å². The molecule has 0 amide bonds. The summed E-state index contributed by atoms with van der Waals surface area (Å²) in [7, 11) is 0. The monoisotopic (exact) mass is 202 g/mol. The van der Waals surface area contributed by atoms with Crippen molar-refractivity contribution in [3.63, 3.8) is 0 Å². The fourth-order valence-corrected chi connectivity index (χ4v) is 1.96. The summed E-state index contributed by atoms with van der Waals surface area (Å²) >= 11 is 3.42. The Morgan fingerprint density at radius 2 is 2.17 bits per heavy atom. The molecular weight excluding hydrogens is 188 g/mol. The van der Waals surface area contributed by atoms with E-state index in [1.165, 1.54) is 25.1 Å². The van der Waals surface area contributed by atoms with Gasteiger partial charge in [-0.15, -0.1) is 0 Å². The molecule has 12 heavy (non-hydrogen) atoms. The number of hydrogen-bond acceptors (Lipinski definition) is 4. The highest BCUT2D eigenvalue weighted by atomic mass is 32.2. The van der Waals surface area contributed by atoms with Crippen LogP contribution in [0.3, 0.4) is 0 Å². The van der Waals surface area contributed by atoms with Crippen molar-refractivity contribution in [3.05, 3.63) is 23.8 Å². The Kier molecular flexibility index (Phi) is 6.33. The number of rotatable bonds is 0. The Morgan fingerprint density at radius 1 is 1.17 bits per heavy atom. The van der Waals surface area contributed by atoms with Gasteiger partial charge >= 0.3 is 0 Å². The third-order valence-corrected chi connectivity index (χ3v) is 2.83. The van der Waals surface area contributed by atoms with E-state index >= 15 is 0 Å². The first-order valence-electron chi connectivity index (χ1n) is 4.07. The summed E-state index contributed by atoms with van der Waals surface area (Å²) in [4.78, 5) is 0. The molecular formula is C8H14N2S2. The predicted octanol–water partition coefficient (Wildman–Crippen LogP) is 2.28. The van der Waals surface area contributed by atoms with Gasteiger partial charge in [0.1, 0.15) is 0 Å². The lowest BCUT2D eigenvalue weighted by atomic mass is 10.3. The van der Waals surface area contributed by atoms with E-state index < -0.39 is 0 Å². The smallest absolute Gasteiger partial charge is 0.00791 e. The van der Waals surface area contributed by atoms with Crippen LogP contribution in [-0.4, -0.2) is 12.3 Å². The summed E-state index contributed by atoms with van der Waals surface area (Å²) in [6.45, 7) is 1.21. The number of hydrogen-bond donors (Lipinski definition) is 2. The minimum atomic E-state index is 1.21. The Morgan fingerprint density at radius 3 is 2.33 bits per heavy atom. The first kappa shape index (κ1) is 10.0. The van der Waals surface area contributed by atoms with E-state index in [4.69, 9.17) is 0 Å². The van der Waals surface area contributed by atoms with Crippen molar-refractivity contribution in [1.82, 2.24) is 9.44 Å². The normalized spacial score (nSPS) is 20.7. The van der Waals surface area contributed by atoms with E-state index in [1.807, 2.05) is 35.7 Å². The SMILES string of the molecule is C1=CNSC=C1.C1CCSNC1. The minimum absolute atomic E-state index is 1.21. The number of allylic oxidation sites excluding steroid dienone is 2. The van der Waals surface area contributed by atoms with E-state index in [0.717, 1.165) is 0 Å². The van der Waals surface area contributed by atoms with Crippen molar-refractivity contribution in [2.75, 3.05) is 12.3 Å². The maximum absolute atomic E-state index is 3.20. The van der Waals surface area contributed by atoms with Gasteiger partial charge in [-0.05, 0) is 36.3 Å². The van der Waals surface area contributed by atoms with Gasteiger partial charge in [-0.25, -0.2) is 0 Å². The van der Waals surface area contributed by atoms with Gasteiger partial charge in [0, 0.05) is 18.5 Å². The van der Waals surface area contributed by atoms with Crippen LogP contribution in [0.2, 0.25) is 0 Å². The molecule has 0 radical (unpaired) electrons. The second kappa shape index (κ2) is 7.58. The van der Waals surface area contributed by atoms with E-state index in [2.05, 4.69) is 9.44 Å². The molecule has 0 atom stereocenters. The van der Waals surface area contributed by atoms with Crippen LogP contribution in [0.1, 0.15) is 12.8 Å². The molecule has 2 rings (SSSR count). The predicted molar refractivity (Wildman–Crippen MR) is 58.7 cm³/mol. The van der Waals surface area contributed by atoms with Gasteiger partial charge in [0.15, 0.2) is 0 Å². The molecule has 68 valence electrons. The molecule has 2 N–H and O–H groups in total. The maximum atomic E-state index is 3.20. The standard InChI is InChI=1S/C4H9NS.C4H5NS/c2*1-2-4-6-5-3-1/h5H,1-4H2;1-5H. The molecule has 2 heterocycles. The van der Waals surface area contributed by atoms with Crippen LogP contribution in [0.4, 0.5) is 0 Å². The van der Waals surface area contributed by atoms with Crippen molar-refractivity contribution in [2.45, 2.75) is 12.8 Å². The topological polar surface area (TPSA) is 24.1 Å². The zero-order valence-electron chi connectivity index (χ0n) is 6.95. The van der Waals surface area contributed by atoms with Crippen molar-refractivity contribution in [2.24, 2.45) is 0 Å². The van der Waals surface area contributed by atoms with Gasteiger partial charge in [-0.1, -0.05) is 18.0 Å². The Balaban J connectivity index is 0.000000120. The summed E-state index contributed by atoms with van der Waals surface area (Å²) < 4.78 is 6.14. The Bertz CT molecular complexity index is 130. The van der Waals surface area contributed by atoms with Crippen LogP contribution in [0.25, 0.3) is 0 Å². The molecule has 2 nitrogen and oxygen atoms in total. The lowest BCUT2D eigenvalue weighted by Gasteiger charge is -2.07. The van der Waals surface area contributed by atoms with Crippen LogP contribution in [0.15, 0.2) is 23.8 Å². The maximum Gasteiger partial charge on any atom is 0.00791 e. The minimum Gasteiger partial charge on any atom is -0.333 e. The van der Waals surface area contributed by atoms with Gasteiger partial charge in [-0.3, -0.25) is 4.72 Å². The van der Waals surface area contributed by atoms with E-state index in [-0.39, 0.29) is 0 Å². The molecule has 2 aliphatic heterocycles. The average Bonchev–Trinajstić information content (AvgIpc) is 2.24. The quantitative estimate of drug-likeness (QED) is 0.589.